The van der Waals surface area contributed by atoms with E-state index in [2.05, 4.69) is 5.32 Å². The van der Waals surface area contributed by atoms with E-state index in [4.69, 9.17) is 23.1 Å². The Labute approximate surface area is 122 Å². The fraction of sp³-hybridized carbons (Fsp3) is 0.462. The molecule has 2 rings (SSSR count). The smallest absolute Gasteiger partial charge is 0.224 e. The maximum Gasteiger partial charge on any atom is 0.224 e. The minimum absolute atomic E-state index is 0.0653. The van der Waals surface area contributed by atoms with Gasteiger partial charge in [-0.15, -0.1) is 0 Å². The molecule has 5 nitrogen and oxygen atoms in total. The van der Waals surface area contributed by atoms with E-state index in [1.54, 1.807) is 0 Å². The second-order valence-electron chi connectivity index (χ2n) is 4.82. The van der Waals surface area contributed by atoms with E-state index in [0.717, 1.165) is 25.9 Å². The minimum atomic E-state index is -0.683. The molecule has 7 heteroatoms. The van der Waals surface area contributed by atoms with Crippen LogP contribution >= 0.6 is 11.6 Å². The molecule has 0 unspecified atom stereocenters. The standard InChI is InChI=1S/C13H18ClFN4O/c14-11-8(16)7-9(17)13(12(11)15)18-4-3-10(20)19-5-1-2-6-19/h7,18H,1-6,16-17H2. The van der Waals surface area contributed by atoms with Gasteiger partial charge in [0.2, 0.25) is 5.91 Å². The number of nitrogen functional groups attached to an aromatic ring is 2. The molecule has 110 valence electrons. The first-order valence-electron chi connectivity index (χ1n) is 6.55. The number of amides is 1. The number of carbonyl (C=O) groups excluding carboxylic acids is 1. The van der Waals surface area contributed by atoms with Crippen molar-refractivity contribution in [2.75, 3.05) is 36.4 Å². The predicted molar refractivity (Wildman–Crippen MR) is 79.2 cm³/mol. The fourth-order valence-corrected chi connectivity index (χ4v) is 2.41. The molecule has 1 amide bonds. The van der Waals surface area contributed by atoms with Crippen LogP contribution in [0.1, 0.15) is 19.3 Å². The molecule has 0 radical (unpaired) electrons. The van der Waals surface area contributed by atoms with Gasteiger partial charge in [-0.1, -0.05) is 11.6 Å². The van der Waals surface area contributed by atoms with Gasteiger partial charge in [-0.25, -0.2) is 4.39 Å². The van der Waals surface area contributed by atoms with Crippen LogP contribution in [0.25, 0.3) is 0 Å². The summed E-state index contributed by atoms with van der Waals surface area (Å²) in [6.07, 6.45) is 2.39. The first kappa shape index (κ1) is 14.7. The normalized spacial score (nSPS) is 14.6. The van der Waals surface area contributed by atoms with E-state index in [-0.39, 0.29) is 28.0 Å². The molecule has 1 aliphatic heterocycles. The van der Waals surface area contributed by atoms with Crippen molar-refractivity contribution in [3.63, 3.8) is 0 Å². The molecule has 0 atom stereocenters. The highest BCUT2D eigenvalue weighted by atomic mass is 35.5. The van der Waals surface area contributed by atoms with Gasteiger partial charge in [0.15, 0.2) is 5.82 Å². The number of nitrogens with one attached hydrogen (secondary N) is 1. The molecule has 1 aromatic rings. The summed E-state index contributed by atoms with van der Waals surface area (Å²) in [5, 5.41) is 2.66. The van der Waals surface area contributed by atoms with Crippen LogP contribution in [-0.4, -0.2) is 30.4 Å². The average molecular weight is 301 g/mol. The summed E-state index contributed by atoms with van der Waals surface area (Å²) in [7, 11) is 0. The number of anilines is 3. The van der Waals surface area contributed by atoms with Crippen LogP contribution < -0.4 is 16.8 Å². The van der Waals surface area contributed by atoms with Gasteiger partial charge in [0.1, 0.15) is 5.02 Å². The summed E-state index contributed by atoms with van der Waals surface area (Å²) in [5.74, 6) is -0.617. The lowest BCUT2D eigenvalue weighted by Crippen LogP contribution is -2.29. The Hall–Kier alpha value is -1.69. The molecule has 1 saturated heterocycles. The number of halogens is 2. The second-order valence-corrected chi connectivity index (χ2v) is 5.20. The molecule has 1 heterocycles. The van der Waals surface area contributed by atoms with Crippen molar-refractivity contribution < 1.29 is 9.18 Å². The molecular weight excluding hydrogens is 283 g/mol. The van der Waals surface area contributed by atoms with E-state index < -0.39 is 5.82 Å². The fourth-order valence-electron chi connectivity index (χ4n) is 2.26. The Morgan fingerprint density at radius 2 is 2.00 bits per heavy atom. The molecule has 0 spiro atoms. The van der Waals surface area contributed by atoms with Crippen LogP contribution in [0.3, 0.4) is 0 Å². The molecule has 5 N–H and O–H groups in total. The summed E-state index contributed by atoms with van der Waals surface area (Å²) in [6.45, 7) is 1.92. The average Bonchev–Trinajstić information content (AvgIpc) is 2.94. The van der Waals surface area contributed by atoms with E-state index >= 15 is 0 Å². The van der Waals surface area contributed by atoms with Crippen molar-refractivity contribution in [3.05, 3.63) is 16.9 Å². The molecule has 0 bridgehead atoms. The highest BCUT2D eigenvalue weighted by molar-refractivity contribution is 6.33. The van der Waals surface area contributed by atoms with Crippen molar-refractivity contribution in [1.29, 1.82) is 0 Å². The third-order valence-electron chi connectivity index (χ3n) is 3.36. The molecule has 1 aliphatic rings. The Balaban J connectivity index is 1.94. The first-order chi connectivity index (χ1) is 9.50. The molecular formula is C13H18ClFN4O. The quantitative estimate of drug-likeness (QED) is 0.743. The van der Waals surface area contributed by atoms with Crippen molar-refractivity contribution in [2.45, 2.75) is 19.3 Å². The summed E-state index contributed by atoms with van der Waals surface area (Å²) < 4.78 is 13.9. The zero-order chi connectivity index (χ0) is 14.7. The Bertz CT molecular complexity index is 518. The number of hydrogen-bond donors (Lipinski definition) is 3. The molecule has 1 aromatic carbocycles. The van der Waals surface area contributed by atoms with E-state index in [0.29, 0.717) is 13.0 Å². The van der Waals surface area contributed by atoms with Gasteiger partial charge in [0, 0.05) is 26.1 Å². The van der Waals surface area contributed by atoms with Gasteiger partial charge >= 0.3 is 0 Å². The molecule has 1 fully saturated rings. The van der Waals surface area contributed by atoms with Gasteiger partial charge in [0.25, 0.3) is 0 Å². The third kappa shape index (κ3) is 3.07. The number of rotatable bonds is 4. The van der Waals surface area contributed by atoms with Crippen LogP contribution in [0.4, 0.5) is 21.5 Å². The van der Waals surface area contributed by atoms with Gasteiger partial charge in [0.05, 0.1) is 17.1 Å². The highest BCUT2D eigenvalue weighted by Gasteiger charge is 2.18. The number of carbonyl (C=O) groups is 1. The SMILES string of the molecule is Nc1cc(N)c(NCCC(=O)N2CCCC2)c(F)c1Cl. The van der Waals surface area contributed by atoms with Gasteiger partial charge < -0.3 is 21.7 Å². The molecule has 0 aromatic heterocycles. The van der Waals surface area contributed by atoms with Crippen molar-refractivity contribution in [3.8, 4) is 0 Å². The van der Waals surface area contributed by atoms with Gasteiger partial charge in [-0.05, 0) is 18.9 Å². The van der Waals surface area contributed by atoms with E-state index in [1.807, 2.05) is 4.90 Å². The molecule has 20 heavy (non-hydrogen) atoms. The van der Waals surface area contributed by atoms with Gasteiger partial charge in [-0.3, -0.25) is 4.79 Å². The van der Waals surface area contributed by atoms with Crippen LogP contribution in [0, 0.1) is 5.82 Å². The number of hydrogen-bond acceptors (Lipinski definition) is 4. The maximum atomic E-state index is 13.9. The molecule has 0 aliphatic carbocycles. The number of likely N-dealkylation sites (tertiary alicyclic amines) is 1. The summed E-state index contributed by atoms with van der Waals surface area (Å²) in [5.41, 5.74) is 11.6. The maximum absolute atomic E-state index is 13.9. The predicted octanol–water partition coefficient (Wildman–Crippen LogP) is 2.07. The highest BCUT2D eigenvalue weighted by Crippen LogP contribution is 2.33. The third-order valence-corrected chi connectivity index (χ3v) is 3.75. The minimum Gasteiger partial charge on any atom is -0.397 e. The van der Waals surface area contributed by atoms with E-state index in [1.165, 1.54) is 6.07 Å². The zero-order valence-corrected chi connectivity index (χ0v) is 11.8. The van der Waals surface area contributed by atoms with Crippen LogP contribution in [0.5, 0.6) is 0 Å². The summed E-state index contributed by atoms with van der Waals surface area (Å²) in [4.78, 5) is 13.7. The second kappa shape index (κ2) is 6.17. The van der Waals surface area contributed by atoms with Crippen LogP contribution in [0.2, 0.25) is 5.02 Å². The molecule has 0 saturated carbocycles. The summed E-state index contributed by atoms with van der Waals surface area (Å²) in [6, 6.07) is 1.40. The van der Waals surface area contributed by atoms with Crippen molar-refractivity contribution >= 4 is 34.6 Å². The lowest BCUT2D eigenvalue weighted by Gasteiger charge is -2.16. The topological polar surface area (TPSA) is 84.4 Å². The van der Waals surface area contributed by atoms with Crippen LogP contribution in [-0.2, 0) is 4.79 Å². The largest absolute Gasteiger partial charge is 0.397 e. The number of nitrogens with zero attached hydrogens (tertiary/aromatic N) is 1. The van der Waals surface area contributed by atoms with Crippen molar-refractivity contribution in [1.82, 2.24) is 4.90 Å². The van der Waals surface area contributed by atoms with Crippen molar-refractivity contribution in [2.24, 2.45) is 0 Å². The number of nitrogens with two attached hydrogens (primary N) is 2. The first-order valence-corrected chi connectivity index (χ1v) is 6.93. The Morgan fingerprint density at radius 3 is 2.65 bits per heavy atom. The summed E-state index contributed by atoms with van der Waals surface area (Å²) >= 11 is 5.73. The lowest BCUT2D eigenvalue weighted by atomic mass is 10.2. The van der Waals surface area contributed by atoms with Gasteiger partial charge in [-0.2, -0.15) is 0 Å². The number of benzene rings is 1. The zero-order valence-electron chi connectivity index (χ0n) is 11.1. The monoisotopic (exact) mass is 300 g/mol. The van der Waals surface area contributed by atoms with E-state index in [9.17, 15) is 9.18 Å². The lowest BCUT2D eigenvalue weighted by molar-refractivity contribution is -0.129. The van der Waals surface area contributed by atoms with Crippen LogP contribution in [0.15, 0.2) is 6.07 Å². The Morgan fingerprint density at radius 1 is 1.35 bits per heavy atom. The Kier molecular flexibility index (Phi) is 4.54.